The molecule has 1 fully saturated rings. The molecule has 1 heterocycles. The molecule has 1 aromatic heterocycles. The van der Waals surface area contributed by atoms with Crippen molar-refractivity contribution in [2.75, 3.05) is 5.73 Å². The summed E-state index contributed by atoms with van der Waals surface area (Å²) < 4.78 is 0. The van der Waals surface area contributed by atoms with Crippen LogP contribution in [-0.4, -0.2) is 16.1 Å². The van der Waals surface area contributed by atoms with Crippen LogP contribution >= 0.6 is 0 Å². The fourth-order valence-electron chi connectivity index (χ4n) is 2.06. The van der Waals surface area contributed by atoms with Gasteiger partial charge >= 0.3 is 0 Å². The lowest BCUT2D eigenvalue weighted by Crippen LogP contribution is -2.06. The van der Waals surface area contributed by atoms with Gasteiger partial charge in [0.15, 0.2) is 0 Å². The van der Waals surface area contributed by atoms with Crippen molar-refractivity contribution >= 4 is 11.7 Å². The Kier molecular flexibility index (Phi) is 5.46. The Morgan fingerprint density at radius 1 is 1.35 bits per heavy atom. The number of rotatable bonds is 1. The number of nitrogen functional groups attached to an aromatic ring is 1. The van der Waals surface area contributed by atoms with E-state index in [-0.39, 0.29) is 0 Å². The molecule has 0 radical (unpaired) electrons. The molecule has 4 nitrogen and oxygen atoms in total. The van der Waals surface area contributed by atoms with Crippen LogP contribution in [0.4, 0.5) is 5.69 Å². The molecular formula is C13H20N2O2. The molecule has 2 rings (SSSR count). The quantitative estimate of drug-likeness (QED) is 0.786. The molecule has 1 aliphatic carbocycles. The molecular weight excluding hydrogens is 216 g/mol. The van der Waals surface area contributed by atoms with Gasteiger partial charge in [0.25, 0.3) is 5.97 Å². The molecule has 0 atom stereocenters. The van der Waals surface area contributed by atoms with Crippen LogP contribution < -0.4 is 5.73 Å². The van der Waals surface area contributed by atoms with E-state index in [0.29, 0.717) is 5.92 Å². The lowest BCUT2D eigenvalue weighted by molar-refractivity contribution is -0.134. The van der Waals surface area contributed by atoms with Crippen LogP contribution in [0.15, 0.2) is 18.3 Å². The Morgan fingerprint density at radius 2 is 1.94 bits per heavy atom. The topological polar surface area (TPSA) is 76.2 Å². The van der Waals surface area contributed by atoms with Gasteiger partial charge in [-0.1, -0.05) is 19.3 Å². The average Bonchev–Trinajstić information content (AvgIpc) is 2.30. The number of hydrogen-bond acceptors (Lipinski definition) is 3. The van der Waals surface area contributed by atoms with E-state index in [2.05, 4.69) is 11.1 Å². The second kappa shape index (κ2) is 6.89. The summed E-state index contributed by atoms with van der Waals surface area (Å²) in [7, 11) is 0. The highest BCUT2D eigenvalue weighted by Gasteiger charge is 2.15. The van der Waals surface area contributed by atoms with Gasteiger partial charge in [-0.25, -0.2) is 0 Å². The number of anilines is 1. The third kappa shape index (κ3) is 5.33. The molecule has 0 saturated heterocycles. The molecule has 0 bridgehead atoms. The van der Waals surface area contributed by atoms with Crippen LogP contribution in [0.2, 0.25) is 0 Å². The van der Waals surface area contributed by atoms with Crippen molar-refractivity contribution in [3.05, 3.63) is 24.0 Å². The van der Waals surface area contributed by atoms with E-state index >= 15 is 0 Å². The molecule has 17 heavy (non-hydrogen) atoms. The largest absolute Gasteiger partial charge is 0.481 e. The fraction of sp³-hybridized carbons (Fsp3) is 0.538. The Morgan fingerprint density at radius 3 is 2.41 bits per heavy atom. The highest BCUT2D eigenvalue weighted by Crippen LogP contribution is 2.31. The predicted octanol–water partition coefficient (Wildman–Crippen LogP) is 2.80. The monoisotopic (exact) mass is 236 g/mol. The van der Waals surface area contributed by atoms with E-state index in [1.807, 2.05) is 6.07 Å². The predicted molar refractivity (Wildman–Crippen MR) is 67.8 cm³/mol. The van der Waals surface area contributed by atoms with E-state index in [4.69, 9.17) is 15.6 Å². The summed E-state index contributed by atoms with van der Waals surface area (Å²) in [5.74, 6) is -0.144. The van der Waals surface area contributed by atoms with E-state index in [1.54, 1.807) is 6.20 Å². The summed E-state index contributed by atoms with van der Waals surface area (Å²) in [6.45, 7) is 1.08. The number of hydrogen-bond donors (Lipinski definition) is 2. The number of carboxylic acid groups (broad SMARTS) is 1. The van der Waals surface area contributed by atoms with Gasteiger partial charge < -0.3 is 10.8 Å². The summed E-state index contributed by atoms with van der Waals surface area (Å²) >= 11 is 0. The summed E-state index contributed by atoms with van der Waals surface area (Å²) in [6, 6.07) is 4.03. The molecule has 0 unspecified atom stereocenters. The SMILES string of the molecule is CC(=O)O.Nc1ccc(C2CCCCC2)nc1. The maximum Gasteiger partial charge on any atom is 0.300 e. The number of nitrogens with two attached hydrogens (primary N) is 1. The van der Waals surface area contributed by atoms with E-state index in [0.717, 1.165) is 12.6 Å². The molecule has 4 heteroatoms. The third-order valence-corrected chi connectivity index (χ3v) is 2.83. The van der Waals surface area contributed by atoms with Gasteiger partial charge in [-0.15, -0.1) is 0 Å². The van der Waals surface area contributed by atoms with Crippen molar-refractivity contribution in [1.29, 1.82) is 0 Å². The molecule has 1 aromatic rings. The minimum absolute atomic E-state index is 0.689. The number of carboxylic acids is 1. The Hall–Kier alpha value is -1.58. The van der Waals surface area contributed by atoms with Crippen LogP contribution in [0.1, 0.15) is 50.6 Å². The number of carbonyl (C=O) groups is 1. The smallest absolute Gasteiger partial charge is 0.300 e. The van der Waals surface area contributed by atoms with Gasteiger partial charge in [0, 0.05) is 18.5 Å². The average molecular weight is 236 g/mol. The highest BCUT2D eigenvalue weighted by molar-refractivity contribution is 5.62. The lowest BCUT2D eigenvalue weighted by Gasteiger charge is -2.20. The molecule has 0 aromatic carbocycles. The molecule has 0 spiro atoms. The van der Waals surface area contributed by atoms with Crippen molar-refractivity contribution in [3.8, 4) is 0 Å². The van der Waals surface area contributed by atoms with Gasteiger partial charge in [0.2, 0.25) is 0 Å². The Labute approximate surface area is 102 Å². The maximum atomic E-state index is 9.00. The van der Waals surface area contributed by atoms with Gasteiger partial charge in [0.05, 0.1) is 11.9 Å². The molecule has 94 valence electrons. The van der Waals surface area contributed by atoms with E-state index < -0.39 is 5.97 Å². The van der Waals surface area contributed by atoms with Crippen molar-refractivity contribution < 1.29 is 9.90 Å². The molecule has 1 saturated carbocycles. The van der Waals surface area contributed by atoms with Crippen molar-refractivity contribution in [1.82, 2.24) is 4.98 Å². The molecule has 1 aliphatic rings. The van der Waals surface area contributed by atoms with Gasteiger partial charge in [-0.05, 0) is 25.0 Å². The van der Waals surface area contributed by atoms with E-state index in [1.165, 1.54) is 37.8 Å². The number of nitrogens with zero attached hydrogens (tertiary/aromatic N) is 1. The standard InChI is InChI=1S/C11H16N2.C2H4O2/c12-10-6-7-11(13-8-10)9-4-2-1-3-5-9;1-2(3)4/h6-9H,1-5,12H2;1H3,(H,3,4). The minimum Gasteiger partial charge on any atom is -0.481 e. The second-order valence-corrected chi connectivity index (χ2v) is 4.37. The molecule has 0 aliphatic heterocycles. The number of aliphatic carboxylic acids is 1. The van der Waals surface area contributed by atoms with Crippen molar-refractivity contribution in [3.63, 3.8) is 0 Å². The van der Waals surface area contributed by atoms with Crippen LogP contribution in [0, 0.1) is 0 Å². The fourth-order valence-corrected chi connectivity index (χ4v) is 2.06. The first-order chi connectivity index (χ1) is 8.09. The molecule has 3 N–H and O–H groups in total. The summed E-state index contributed by atoms with van der Waals surface area (Å²) in [6.07, 6.45) is 8.48. The van der Waals surface area contributed by atoms with Crippen molar-refractivity contribution in [2.24, 2.45) is 0 Å². The first kappa shape index (κ1) is 13.5. The highest BCUT2D eigenvalue weighted by atomic mass is 16.4. The zero-order valence-corrected chi connectivity index (χ0v) is 10.2. The summed E-state index contributed by atoms with van der Waals surface area (Å²) in [4.78, 5) is 13.4. The lowest BCUT2D eigenvalue weighted by atomic mass is 9.87. The number of aromatic nitrogens is 1. The van der Waals surface area contributed by atoms with Gasteiger partial charge in [-0.3, -0.25) is 9.78 Å². The molecule has 0 amide bonds. The summed E-state index contributed by atoms with van der Waals surface area (Å²) in [5.41, 5.74) is 7.59. The Bertz CT molecular complexity index is 339. The normalized spacial score (nSPS) is 15.8. The van der Waals surface area contributed by atoms with Crippen LogP contribution in [0.5, 0.6) is 0 Å². The second-order valence-electron chi connectivity index (χ2n) is 4.37. The van der Waals surface area contributed by atoms with Crippen LogP contribution in [-0.2, 0) is 4.79 Å². The van der Waals surface area contributed by atoms with E-state index in [9.17, 15) is 0 Å². The van der Waals surface area contributed by atoms with Crippen LogP contribution in [0.25, 0.3) is 0 Å². The zero-order valence-electron chi connectivity index (χ0n) is 10.2. The first-order valence-corrected chi connectivity index (χ1v) is 6.00. The third-order valence-electron chi connectivity index (χ3n) is 2.83. The summed E-state index contributed by atoms with van der Waals surface area (Å²) in [5, 5.41) is 7.42. The zero-order chi connectivity index (χ0) is 12.7. The van der Waals surface area contributed by atoms with Gasteiger partial charge in [0.1, 0.15) is 0 Å². The van der Waals surface area contributed by atoms with Gasteiger partial charge in [-0.2, -0.15) is 0 Å². The van der Waals surface area contributed by atoms with Crippen molar-refractivity contribution in [2.45, 2.75) is 44.9 Å². The first-order valence-electron chi connectivity index (χ1n) is 6.00. The van der Waals surface area contributed by atoms with Crippen LogP contribution in [0.3, 0.4) is 0 Å². The minimum atomic E-state index is -0.833. The Balaban J connectivity index is 0.000000317. The number of pyridine rings is 1. The maximum absolute atomic E-state index is 9.00.